The van der Waals surface area contributed by atoms with Gasteiger partial charge in [0, 0.05) is 18.3 Å². The van der Waals surface area contributed by atoms with Crippen molar-refractivity contribution in [3.8, 4) is 0 Å². The van der Waals surface area contributed by atoms with Gasteiger partial charge in [-0.25, -0.2) is 4.79 Å². The first-order valence-corrected chi connectivity index (χ1v) is 12.0. The summed E-state index contributed by atoms with van der Waals surface area (Å²) >= 11 is 4.28. The molecule has 0 aliphatic heterocycles. The van der Waals surface area contributed by atoms with Crippen molar-refractivity contribution < 1.29 is 19.1 Å². The van der Waals surface area contributed by atoms with Crippen LogP contribution >= 0.6 is 12.6 Å². The molecule has 3 amide bonds. The number of nitrogens with one attached hydrogen (secondary N) is 2. The Bertz CT molecular complexity index is 946. The molecule has 2 unspecified atom stereocenters. The summed E-state index contributed by atoms with van der Waals surface area (Å²) < 4.78 is 5.31. The molecule has 0 heterocycles. The number of alkyl carbamates (subject to hydrolysis) is 1. The molecule has 2 atom stereocenters. The smallest absolute Gasteiger partial charge is 0.408 e. The molecule has 2 N–H and O–H groups in total. The fraction of sp³-hybridized carbons (Fsp3) is 0.423. The van der Waals surface area contributed by atoms with Crippen molar-refractivity contribution in [2.24, 2.45) is 0 Å². The second-order valence-electron chi connectivity index (χ2n) is 9.24. The molecule has 8 heteroatoms. The predicted octanol–water partition coefficient (Wildman–Crippen LogP) is 4.10. The van der Waals surface area contributed by atoms with Crippen molar-refractivity contribution in [2.75, 3.05) is 5.75 Å². The number of carbonyl (C=O) groups excluding carboxylic acids is 3. The van der Waals surface area contributed by atoms with E-state index in [0.717, 1.165) is 5.56 Å². The summed E-state index contributed by atoms with van der Waals surface area (Å²) in [6.07, 6.45) is -0.714. The molecule has 0 spiro atoms. The molecule has 0 aliphatic carbocycles. The third-order valence-electron chi connectivity index (χ3n) is 4.93. The van der Waals surface area contributed by atoms with Crippen LogP contribution in [0.5, 0.6) is 0 Å². The van der Waals surface area contributed by atoms with Crippen LogP contribution < -0.4 is 10.6 Å². The summed E-state index contributed by atoms with van der Waals surface area (Å²) in [5.41, 5.74) is 0.908. The molecule has 0 bridgehead atoms. The van der Waals surface area contributed by atoms with Crippen LogP contribution in [0.2, 0.25) is 0 Å². The van der Waals surface area contributed by atoms with Gasteiger partial charge in [-0.05, 0) is 45.7 Å². The molecule has 0 saturated carbocycles. The number of thiol groups is 1. The van der Waals surface area contributed by atoms with Crippen LogP contribution in [0.25, 0.3) is 0 Å². The average Bonchev–Trinajstić information content (AvgIpc) is 2.78. The second-order valence-corrected chi connectivity index (χ2v) is 9.60. The van der Waals surface area contributed by atoms with Gasteiger partial charge in [-0.15, -0.1) is 0 Å². The fourth-order valence-electron chi connectivity index (χ4n) is 3.45. The second kappa shape index (κ2) is 12.5. The Hall–Kier alpha value is -3.00. The minimum atomic E-state index is -0.964. The number of nitrogens with zero attached hydrogens (tertiary/aromatic N) is 1. The molecule has 2 aromatic carbocycles. The van der Waals surface area contributed by atoms with Crippen molar-refractivity contribution >= 4 is 30.5 Å². The molecule has 2 aromatic rings. The number of carbonyl (C=O) groups is 3. The quantitative estimate of drug-likeness (QED) is 0.467. The largest absolute Gasteiger partial charge is 0.444 e. The number of amides is 3. The third-order valence-corrected chi connectivity index (χ3v) is 5.30. The third kappa shape index (κ3) is 8.09. The zero-order chi connectivity index (χ0) is 25.3. The number of benzene rings is 2. The zero-order valence-electron chi connectivity index (χ0n) is 20.4. The van der Waals surface area contributed by atoms with E-state index in [0.29, 0.717) is 12.1 Å². The molecular weight excluding hydrogens is 450 g/mol. The Morgan fingerprint density at radius 2 is 1.53 bits per heavy atom. The normalized spacial score (nSPS) is 13.0. The predicted molar refractivity (Wildman–Crippen MR) is 136 cm³/mol. The van der Waals surface area contributed by atoms with Gasteiger partial charge in [0.1, 0.15) is 17.7 Å². The van der Waals surface area contributed by atoms with Gasteiger partial charge in [0.15, 0.2) is 0 Å². The Balaban J connectivity index is 2.32. The summed E-state index contributed by atoms with van der Waals surface area (Å²) in [5, 5.41) is 5.55. The highest BCUT2D eigenvalue weighted by Gasteiger charge is 2.37. The van der Waals surface area contributed by atoms with Crippen molar-refractivity contribution in [1.82, 2.24) is 15.5 Å². The van der Waals surface area contributed by atoms with Crippen molar-refractivity contribution in [3.05, 3.63) is 71.8 Å². The maximum absolute atomic E-state index is 13.6. The molecule has 0 aromatic heterocycles. The Morgan fingerprint density at radius 3 is 2.03 bits per heavy atom. The zero-order valence-corrected chi connectivity index (χ0v) is 21.3. The molecular formula is C26H35N3O4S. The van der Waals surface area contributed by atoms with Gasteiger partial charge in [-0.3, -0.25) is 9.59 Å². The molecule has 0 fully saturated rings. The van der Waals surface area contributed by atoms with Crippen LogP contribution in [0.1, 0.15) is 51.8 Å². The van der Waals surface area contributed by atoms with E-state index >= 15 is 0 Å². The van der Waals surface area contributed by atoms with E-state index in [4.69, 9.17) is 4.74 Å². The van der Waals surface area contributed by atoms with Crippen molar-refractivity contribution in [1.29, 1.82) is 0 Å². The number of rotatable bonds is 9. The minimum absolute atomic E-state index is 0.0500. The van der Waals surface area contributed by atoms with Crippen LogP contribution in [0.3, 0.4) is 0 Å². The maximum Gasteiger partial charge on any atom is 0.408 e. The lowest BCUT2D eigenvalue weighted by Gasteiger charge is -2.37. The van der Waals surface area contributed by atoms with Gasteiger partial charge < -0.3 is 20.3 Å². The first kappa shape index (κ1) is 27.2. The van der Waals surface area contributed by atoms with E-state index in [-0.39, 0.29) is 17.7 Å². The summed E-state index contributed by atoms with van der Waals surface area (Å²) in [7, 11) is 0. The van der Waals surface area contributed by atoms with Gasteiger partial charge in [0.05, 0.1) is 0 Å². The van der Waals surface area contributed by atoms with E-state index in [2.05, 4.69) is 23.3 Å². The van der Waals surface area contributed by atoms with Crippen molar-refractivity contribution in [2.45, 2.75) is 64.9 Å². The number of ether oxygens (including phenoxy) is 1. The van der Waals surface area contributed by atoms with E-state index in [9.17, 15) is 14.4 Å². The lowest BCUT2D eigenvalue weighted by atomic mass is 10.0. The van der Waals surface area contributed by atoms with E-state index < -0.39 is 29.7 Å². The van der Waals surface area contributed by atoms with Gasteiger partial charge in [-0.2, -0.15) is 12.6 Å². The first-order chi connectivity index (χ1) is 16.0. The summed E-state index contributed by atoms with van der Waals surface area (Å²) in [5.74, 6) is -0.680. The summed E-state index contributed by atoms with van der Waals surface area (Å²) in [4.78, 5) is 40.9. The van der Waals surface area contributed by atoms with Gasteiger partial charge in [0.25, 0.3) is 0 Å². The van der Waals surface area contributed by atoms with Crippen LogP contribution in [-0.4, -0.2) is 46.2 Å². The van der Waals surface area contributed by atoms with E-state index in [1.54, 1.807) is 20.8 Å². The lowest BCUT2D eigenvalue weighted by molar-refractivity contribution is -0.144. The van der Waals surface area contributed by atoms with Crippen molar-refractivity contribution in [3.63, 3.8) is 0 Å². The average molecular weight is 486 g/mol. The molecule has 184 valence electrons. The topological polar surface area (TPSA) is 87.7 Å². The number of hydrogen-bond acceptors (Lipinski definition) is 5. The molecule has 2 rings (SSSR count). The van der Waals surface area contributed by atoms with Crippen LogP contribution in [0.4, 0.5) is 4.79 Å². The highest BCUT2D eigenvalue weighted by atomic mass is 32.1. The van der Waals surface area contributed by atoms with Gasteiger partial charge in [-0.1, -0.05) is 60.7 Å². The molecule has 7 nitrogen and oxygen atoms in total. The molecule has 0 saturated heterocycles. The molecule has 0 radical (unpaired) electrons. The highest BCUT2D eigenvalue weighted by molar-refractivity contribution is 7.80. The monoisotopic (exact) mass is 485 g/mol. The Kier molecular flexibility index (Phi) is 9.98. The standard InChI is InChI=1S/C26H35N3O4S/c1-18(2)29(24(31)21(17-34)28-25(32)33-26(3,4)5)22(20-14-10-7-11-15-20)23(30)27-16-19-12-8-6-9-13-19/h6-15,18,21-22,34H,16-17H2,1-5H3,(H,27,30)(H,28,32). The van der Waals surface area contributed by atoms with Gasteiger partial charge >= 0.3 is 6.09 Å². The van der Waals surface area contributed by atoms with Gasteiger partial charge in [0.2, 0.25) is 11.8 Å². The van der Waals surface area contributed by atoms with Crippen LogP contribution in [0.15, 0.2) is 60.7 Å². The van der Waals surface area contributed by atoms with Crippen LogP contribution in [-0.2, 0) is 20.9 Å². The fourth-order valence-corrected chi connectivity index (χ4v) is 3.70. The molecule has 34 heavy (non-hydrogen) atoms. The first-order valence-electron chi connectivity index (χ1n) is 11.3. The van der Waals surface area contributed by atoms with E-state index in [1.165, 1.54) is 4.90 Å². The lowest BCUT2D eigenvalue weighted by Crippen LogP contribution is -2.55. The summed E-state index contributed by atoms with van der Waals surface area (Å²) in [6.45, 7) is 9.23. The SMILES string of the molecule is CC(C)N(C(=O)C(CS)NC(=O)OC(C)(C)C)C(C(=O)NCc1ccccc1)c1ccccc1. The van der Waals surface area contributed by atoms with Crippen LogP contribution in [0, 0.1) is 0 Å². The summed E-state index contributed by atoms with van der Waals surface area (Å²) in [6, 6.07) is 16.5. The minimum Gasteiger partial charge on any atom is -0.444 e. The molecule has 0 aliphatic rings. The Labute approximate surface area is 207 Å². The maximum atomic E-state index is 13.6. The highest BCUT2D eigenvalue weighted by Crippen LogP contribution is 2.25. The van der Waals surface area contributed by atoms with E-state index in [1.807, 2.05) is 74.5 Å². The number of hydrogen-bond donors (Lipinski definition) is 3. The Morgan fingerprint density at radius 1 is 0.971 bits per heavy atom.